The fraction of sp³-hybridized carbons (Fsp3) is 0.375. The number of hydrogen-bond donors (Lipinski definition) is 2. The normalized spacial score (nSPS) is 19.6. The number of esters is 2. The highest BCUT2D eigenvalue weighted by Gasteiger charge is 2.40. The van der Waals surface area contributed by atoms with Gasteiger partial charge in [-0.25, -0.2) is 14.0 Å². The Morgan fingerprint density at radius 2 is 1.80 bits per heavy atom. The van der Waals surface area contributed by atoms with Gasteiger partial charge in [-0.2, -0.15) is 0 Å². The summed E-state index contributed by atoms with van der Waals surface area (Å²) in [5.41, 5.74) is 2.77. The van der Waals surface area contributed by atoms with Crippen LogP contribution in [0.25, 0.3) is 0 Å². The van der Waals surface area contributed by atoms with Crippen LogP contribution in [-0.2, 0) is 25.6 Å². The van der Waals surface area contributed by atoms with Crippen LogP contribution in [0.3, 0.4) is 0 Å². The van der Waals surface area contributed by atoms with E-state index in [2.05, 4.69) is 33.6 Å². The van der Waals surface area contributed by atoms with Gasteiger partial charge in [-0.15, -0.1) is 6.42 Å². The van der Waals surface area contributed by atoms with Crippen LogP contribution in [0.15, 0.2) is 71.1 Å². The molecule has 7 nitrogen and oxygen atoms in total. The Morgan fingerprint density at radius 1 is 1.07 bits per heavy atom. The van der Waals surface area contributed by atoms with Gasteiger partial charge in [0.15, 0.2) is 0 Å². The van der Waals surface area contributed by atoms with E-state index in [0.717, 1.165) is 32.6 Å². The van der Waals surface area contributed by atoms with Gasteiger partial charge in [0.2, 0.25) is 0 Å². The minimum absolute atomic E-state index is 0.0717. The first kappa shape index (κ1) is 29.1. The molecule has 2 N–H and O–H groups in total. The maximum Gasteiger partial charge on any atom is 0.336 e. The average molecular weight is 546 g/mol. The molecule has 1 saturated heterocycles. The third-order valence-electron chi connectivity index (χ3n) is 7.50. The molecule has 40 heavy (non-hydrogen) atoms. The van der Waals surface area contributed by atoms with Gasteiger partial charge in [-0.3, -0.25) is 4.90 Å². The van der Waals surface area contributed by atoms with Gasteiger partial charge in [-0.1, -0.05) is 42.3 Å². The second kappa shape index (κ2) is 13.4. The molecule has 0 bridgehead atoms. The molecular weight excluding hydrogens is 509 g/mol. The minimum Gasteiger partial charge on any atom is -0.466 e. The molecule has 2 aliphatic heterocycles. The third kappa shape index (κ3) is 6.44. The molecule has 0 aliphatic carbocycles. The summed E-state index contributed by atoms with van der Waals surface area (Å²) < 4.78 is 26.0. The Labute approximate surface area is 235 Å². The van der Waals surface area contributed by atoms with Gasteiger partial charge in [0.25, 0.3) is 0 Å². The maximum absolute atomic E-state index is 15.3. The van der Waals surface area contributed by atoms with Gasteiger partial charge in [0, 0.05) is 54.7 Å². The number of allylic oxidation sites excluding steroid dienone is 2. The van der Waals surface area contributed by atoms with E-state index in [-0.39, 0.29) is 28.9 Å². The number of dihydropyridines is 1. The van der Waals surface area contributed by atoms with Crippen molar-refractivity contribution in [3.8, 4) is 12.3 Å². The molecule has 210 valence electrons. The van der Waals surface area contributed by atoms with E-state index in [1.54, 1.807) is 19.9 Å². The van der Waals surface area contributed by atoms with E-state index in [0.29, 0.717) is 23.9 Å². The second-order valence-electron chi connectivity index (χ2n) is 10.1. The van der Waals surface area contributed by atoms with E-state index in [1.165, 1.54) is 24.8 Å². The first-order valence-corrected chi connectivity index (χ1v) is 13.5. The van der Waals surface area contributed by atoms with E-state index < -0.39 is 23.7 Å². The number of nitrogens with zero attached hydrogens (tertiary/aromatic N) is 1. The molecule has 1 fully saturated rings. The number of carbonyl (C=O) groups excluding carboxylic acids is 2. The molecule has 0 amide bonds. The highest BCUT2D eigenvalue weighted by atomic mass is 19.1. The molecule has 0 aromatic heterocycles. The standard InChI is InChI=1S/C32H36FN3O4/c1-5-24-13-9-15-26(33)29(24)30-27(31(37)39-4)21(2)35-22(3)28(30)32(38)40-18-10-14-25-19-34-16-17-36(25)20-23-11-7-6-8-12-23/h1,6-9,11-13,15,25,30,34-35H,10,14,16-20H2,2-4H3. The van der Waals surface area contributed by atoms with Crippen LogP contribution in [0, 0.1) is 18.2 Å². The van der Waals surface area contributed by atoms with E-state index in [1.807, 2.05) is 18.2 Å². The minimum atomic E-state index is -1.07. The number of methoxy groups -OCH3 is 1. The zero-order valence-electron chi connectivity index (χ0n) is 23.3. The number of carbonyl (C=O) groups is 2. The number of hydrogen-bond acceptors (Lipinski definition) is 7. The average Bonchev–Trinajstić information content (AvgIpc) is 2.95. The zero-order chi connectivity index (χ0) is 28.6. The Morgan fingerprint density at radius 3 is 2.50 bits per heavy atom. The lowest BCUT2D eigenvalue weighted by Gasteiger charge is -2.36. The summed E-state index contributed by atoms with van der Waals surface area (Å²) in [4.78, 5) is 28.9. The molecule has 2 aromatic rings. The lowest BCUT2D eigenvalue weighted by molar-refractivity contribution is -0.139. The molecule has 0 radical (unpaired) electrons. The molecule has 4 rings (SSSR count). The number of nitrogens with one attached hydrogen (secondary N) is 2. The summed E-state index contributed by atoms with van der Waals surface area (Å²) in [6, 6.07) is 15.0. The number of ether oxygens (including phenoxy) is 2. The van der Waals surface area contributed by atoms with Crippen LogP contribution < -0.4 is 10.6 Å². The second-order valence-corrected chi connectivity index (χ2v) is 10.1. The van der Waals surface area contributed by atoms with Crippen LogP contribution in [-0.4, -0.2) is 56.2 Å². The quantitative estimate of drug-likeness (QED) is 0.280. The highest BCUT2D eigenvalue weighted by molar-refractivity contribution is 6.00. The number of piperazine rings is 1. The predicted molar refractivity (Wildman–Crippen MR) is 151 cm³/mol. The largest absolute Gasteiger partial charge is 0.466 e. The van der Waals surface area contributed by atoms with Gasteiger partial charge in [0.05, 0.1) is 30.8 Å². The van der Waals surface area contributed by atoms with Crippen molar-refractivity contribution in [1.29, 1.82) is 0 Å². The van der Waals surface area contributed by atoms with Crippen molar-refractivity contribution >= 4 is 11.9 Å². The summed E-state index contributed by atoms with van der Waals surface area (Å²) >= 11 is 0. The van der Waals surface area contributed by atoms with Crippen LogP contribution in [0.1, 0.15) is 49.3 Å². The van der Waals surface area contributed by atoms with Crippen LogP contribution >= 0.6 is 0 Å². The van der Waals surface area contributed by atoms with Gasteiger partial charge < -0.3 is 20.1 Å². The van der Waals surface area contributed by atoms with Crippen molar-refractivity contribution in [3.63, 3.8) is 0 Å². The Bertz CT molecular complexity index is 1350. The Hall–Kier alpha value is -3.93. The highest BCUT2D eigenvalue weighted by Crippen LogP contribution is 2.41. The monoisotopic (exact) mass is 545 g/mol. The topological polar surface area (TPSA) is 79.9 Å². The van der Waals surface area contributed by atoms with Gasteiger partial charge >= 0.3 is 11.9 Å². The number of halogens is 1. The molecule has 2 heterocycles. The fourth-order valence-electron chi connectivity index (χ4n) is 5.57. The molecule has 2 atom stereocenters. The summed E-state index contributed by atoms with van der Waals surface area (Å²) in [6.07, 6.45) is 7.19. The SMILES string of the molecule is C#Cc1cccc(F)c1C1C(C(=O)OC)=C(C)NC(C)=C1C(=O)OCCCC1CNCCN1Cc1ccccc1. The summed E-state index contributed by atoms with van der Waals surface area (Å²) in [6.45, 7) is 7.19. The van der Waals surface area contributed by atoms with Crippen molar-refractivity contribution < 1.29 is 23.5 Å². The lowest BCUT2D eigenvalue weighted by Crippen LogP contribution is -2.50. The van der Waals surface area contributed by atoms with Crippen LogP contribution in [0.5, 0.6) is 0 Å². The van der Waals surface area contributed by atoms with Gasteiger partial charge in [0.1, 0.15) is 5.82 Å². The van der Waals surface area contributed by atoms with Crippen molar-refractivity contribution in [1.82, 2.24) is 15.5 Å². The molecule has 2 unspecified atom stereocenters. The van der Waals surface area contributed by atoms with E-state index >= 15 is 4.39 Å². The van der Waals surface area contributed by atoms with Crippen molar-refractivity contribution in [2.24, 2.45) is 0 Å². The fourth-order valence-corrected chi connectivity index (χ4v) is 5.57. The zero-order valence-corrected chi connectivity index (χ0v) is 23.3. The first-order valence-electron chi connectivity index (χ1n) is 13.5. The maximum atomic E-state index is 15.3. The van der Waals surface area contributed by atoms with Crippen molar-refractivity contribution in [3.05, 3.63) is 93.6 Å². The summed E-state index contributed by atoms with van der Waals surface area (Å²) in [7, 11) is 1.24. The molecular formula is C32H36FN3O4. The smallest absolute Gasteiger partial charge is 0.336 e. The molecule has 0 saturated carbocycles. The van der Waals surface area contributed by atoms with Crippen molar-refractivity contribution in [2.75, 3.05) is 33.4 Å². The molecule has 8 heteroatoms. The van der Waals surface area contributed by atoms with Crippen LogP contribution in [0.2, 0.25) is 0 Å². The molecule has 2 aromatic carbocycles. The lowest BCUT2D eigenvalue weighted by atomic mass is 9.78. The number of terminal acetylenes is 1. The third-order valence-corrected chi connectivity index (χ3v) is 7.50. The Balaban J connectivity index is 1.49. The first-order chi connectivity index (χ1) is 19.3. The van der Waals surface area contributed by atoms with E-state index in [9.17, 15) is 9.59 Å². The summed E-state index contributed by atoms with van der Waals surface area (Å²) in [5.74, 6) is -0.500. The van der Waals surface area contributed by atoms with Crippen LogP contribution in [0.4, 0.5) is 4.39 Å². The number of rotatable bonds is 9. The van der Waals surface area contributed by atoms with Crippen molar-refractivity contribution in [2.45, 2.75) is 45.2 Å². The molecule has 2 aliphatic rings. The van der Waals surface area contributed by atoms with E-state index in [4.69, 9.17) is 15.9 Å². The molecule has 0 spiro atoms. The summed E-state index contributed by atoms with van der Waals surface area (Å²) in [5, 5.41) is 6.53. The van der Waals surface area contributed by atoms with Gasteiger partial charge in [-0.05, 0) is 44.4 Å². The number of benzene rings is 2. The predicted octanol–water partition coefficient (Wildman–Crippen LogP) is 4.01. The Kier molecular flexibility index (Phi) is 9.75.